The Morgan fingerprint density at radius 3 is 2.57 bits per heavy atom. The molecule has 0 radical (unpaired) electrons. The lowest BCUT2D eigenvalue weighted by atomic mass is 9.89. The number of carbonyl (C=O) groups is 1. The highest BCUT2D eigenvalue weighted by Crippen LogP contribution is 2.25. The fourth-order valence-corrected chi connectivity index (χ4v) is 2.66. The molecule has 0 unspecified atom stereocenters. The molecule has 3 rings (SSSR count). The maximum atomic E-state index is 12.1. The van der Waals surface area contributed by atoms with Gasteiger partial charge in [0.15, 0.2) is 0 Å². The monoisotopic (exact) mass is 285 g/mol. The van der Waals surface area contributed by atoms with Crippen LogP contribution in [-0.2, 0) is 4.79 Å². The van der Waals surface area contributed by atoms with Gasteiger partial charge < -0.3 is 4.42 Å². The van der Waals surface area contributed by atoms with Crippen LogP contribution < -0.4 is 5.32 Å². The van der Waals surface area contributed by atoms with E-state index in [0.29, 0.717) is 5.89 Å². The zero-order valence-corrected chi connectivity index (χ0v) is 12.1. The molecule has 1 fully saturated rings. The zero-order chi connectivity index (χ0) is 14.7. The molecule has 0 atom stereocenters. The minimum atomic E-state index is -0.00574. The van der Waals surface area contributed by atoms with Crippen LogP contribution in [0.4, 0.5) is 6.01 Å². The normalized spacial score (nSPS) is 15.9. The molecular formula is C16H19N3O2. The van der Waals surface area contributed by atoms with E-state index in [0.717, 1.165) is 31.2 Å². The number of nitrogens with one attached hydrogen (secondary N) is 1. The van der Waals surface area contributed by atoms with Crippen molar-refractivity contribution in [3.63, 3.8) is 0 Å². The average Bonchev–Trinajstić information content (AvgIpc) is 2.97. The third kappa shape index (κ3) is 3.29. The summed E-state index contributed by atoms with van der Waals surface area (Å²) in [6.45, 7) is 2.02. The van der Waals surface area contributed by atoms with E-state index >= 15 is 0 Å². The van der Waals surface area contributed by atoms with Crippen molar-refractivity contribution >= 4 is 11.9 Å². The lowest BCUT2D eigenvalue weighted by Crippen LogP contribution is -2.24. The molecule has 1 aromatic carbocycles. The van der Waals surface area contributed by atoms with Gasteiger partial charge in [-0.2, -0.15) is 0 Å². The Bertz CT molecular complexity index is 613. The lowest BCUT2D eigenvalue weighted by molar-refractivity contribution is -0.120. The van der Waals surface area contributed by atoms with E-state index < -0.39 is 0 Å². The van der Waals surface area contributed by atoms with E-state index in [-0.39, 0.29) is 17.8 Å². The predicted octanol–water partition coefficient (Wildman–Crippen LogP) is 3.56. The van der Waals surface area contributed by atoms with Crippen LogP contribution in [-0.4, -0.2) is 16.1 Å². The molecule has 21 heavy (non-hydrogen) atoms. The van der Waals surface area contributed by atoms with Gasteiger partial charge in [0.2, 0.25) is 11.8 Å². The molecule has 0 aliphatic heterocycles. The first-order chi connectivity index (χ1) is 10.2. The van der Waals surface area contributed by atoms with Crippen LogP contribution in [0.2, 0.25) is 0 Å². The van der Waals surface area contributed by atoms with Crippen molar-refractivity contribution in [3.05, 3.63) is 29.8 Å². The average molecular weight is 285 g/mol. The van der Waals surface area contributed by atoms with Crippen LogP contribution >= 0.6 is 0 Å². The molecule has 0 saturated heterocycles. The fourth-order valence-electron chi connectivity index (χ4n) is 2.66. The van der Waals surface area contributed by atoms with Gasteiger partial charge in [0, 0.05) is 11.5 Å². The van der Waals surface area contributed by atoms with Crippen LogP contribution in [0.3, 0.4) is 0 Å². The number of benzene rings is 1. The SMILES string of the molecule is Cc1ccc(-c2nnc(NC(=O)C3CCCCC3)o2)cc1. The predicted molar refractivity (Wildman–Crippen MR) is 79.7 cm³/mol. The van der Waals surface area contributed by atoms with Gasteiger partial charge in [0.1, 0.15) is 0 Å². The van der Waals surface area contributed by atoms with Crippen LogP contribution in [0.1, 0.15) is 37.7 Å². The minimum Gasteiger partial charge on any atom is -0.403 e. The van der Waals surface area contributed by atoms with E-state index in [9.17, 15) is 4.79 Å². The van der Waals surface area contributed by atoms with Crippen molar-refractivity contribution in [3.8, 4) is 11.5 Å². The van der Waals surface area contributed by atoms with Crippen molar-refractivity contribution in [1.29, 1.82) is 0 Å². The number of rotatable bonds is 3. The Labute approximate surface area is 123 Å². The zero-order valence-electron chi connectivity index (χ0n) is 12.1. The second-order valence-corrected chi connectivity index (χ2v) is 5.60. The molecule has 1 N–H and O–H groups in total. The number of hydrogen-bond donors (Lipinski definition) is 1. The van der Waals surface area contributed by atoms with Gasteiger partial charge in [-0.3, -0.25) is 10.1 Å². The third-order valence-electron chi connectivity index (χ3n) is 3.93. The van der Waals surface area contributed by atoms with Gasteiger partial charge in [-0.1, -0.05) is 42.1 Å². The molecule has 1 saturated carbocycles. The van der Waals surface area contributed by atoms with Crippen molar-refractivity contribution in [2.45, 2.75) is 39.0 Å². The van der Waals surface area contributed by atoms with Crippen LogP contribution in [0.25, 0.3) is 11.5 Å². The van der Waals surface area contributed by atoms with Crippen molar-refractivity contribution in [1.82, 2.24) is 10.2 Å². The molecule has 1 heterocycles. The highest BCUT2D eigenvalue weighted by Gasteiger charge is 2.22. The van der Waals surface area contributed by atoms with Gasteiger partial charge in [-0.15, -0.1) is 5.10 Å². The Balaban J connectivity index is 1.67. The second-order valence-electron chi connectivity index (χ2n) is 5.60. The molecule has 1 amide bonds. The van der Waals surface area contributed by atoms with Crippen molar-refractivity contribution in [2.24, 2.45) is 5.92 Å². The van der Waals surface area contributed by atoms with Crippen molar-refractivity contribution in [2.75, 3.05) is 5.32 Å². The standard InChI is InChI=1S/C16H19N3O2/c1-11-7-9-13(10-8-11)15-18-19-16(21-15)17-14(20)12-5-3-2-4-6-12/h7-10,12H,2-6H2,1H3,(H,17,19,20). The minimum absolute atomic E-state index is 0.00574. The van der Waals surface area contributed by atoms with E-state index in [2.05, 4.69) is 15.5 Å². The number of anilines is 1. The number of aryl methyl sites for hydroxylation is 1. The Morgan fingerprint density at radius 1 is 1.14 bits per heavy atom. The Kier molecular flexibility index (Phi) is 3.99. The number of hydrogen-bond acceptors (Lipinski definition) is 4. The molecule has 1 aliphatic carbocycles. The number of aromatic nitrogens is 2. The molecule has 5 heteroatoms. The molecule has 1 aliphatic rings. The van der Waals surface area contributed by atoms with Gasteiger partial charge in [0.05, 0.1) is 0 Å². The summed E-state index contributed by atoms with van der Waals surface area (Å²) in [6.07, 6.45) is 5.37. The topological polar surface area (TPSA) is 68.0 Å². The summed E-state index contributed by atoms with van der Waals surface area (Å²) < 4.78 is 5.52. The summed E-state index contributed by atoms with van der Waals surface area (Å²) in [5.74, 6) is 0.497. The maximum absolute atomic E-state index is 12.1. The molecule has 0 spiro atoms. The summed E-state index contributed by atoms with van der Waals surface area (Å²) in [5, 5.41) is 10.6. The van der Waals surface area contributed by atoms with Gasteiger partial charge >= 0.3 is 6.01 Å². The number of amides is 1. The largest absolute Gasteiger partial charge is 0.403 e. The fraction of sp³-hybridized carbons (Fsp3) is 0.438. The lowest BCUT2D eigenvalue weighted by Gasteiger charge is -2.19. The van der Waals surface area contributed by atoms with E-state index in [1.165, 1.54) is 12.0 Å². The van der Waals surface area contributed by atoms with Crippen LogP contribution in [0, 0.1) is 12.8 Å². The summed E-state index contributed by atoms with van der Waals surface area (Å²) >= 11 is 0. The molecule has 0 bridgehead atoms. The number of carbonyl (C=O) groups excluding carboxylic acids is 1. The van der Waals surface area contributed by atoms with E-state index in [4.69, 9.17) is 4.42 Å². The first-order valence-electron chi connectivity index (χ1n) is 7.44. The Hall–Kier alpha value is -2.17. The highest BCUT2D eigenvalue weighted by molar-refractivity contribution is 5.90. The summed E-state index contributed by atoms with van der Waals surface area (Å²) in [7, 11) is 0. The van der Waals surface area contributed by atoms with Gasteiger partial charge in [-0.25, -0.2) is 0 Å². The van der Waals surface area contributed by atoms with E-state index in [1.54, 1.807) is 0 Å². The van der Waals surface area contributed by atoms with Crippen LogP contribution in [0.5, 0.6) is 0 Å². The quantitative estimate of drug-likeness (QED) is 0.936. The highest BCUT2D eigenvalue weighted by atomic mass is 16.4. The summed E-state index contributed by atoms with van der Waals surface area (Å²) in [4.78, 5) is 12.1. The molecule has 2 aromatic rings. The third-order valence-corrected chi connectivity index (χ3v) is 3.93. The molecule has 1 aromatic heterocycles. The summed E-state index contributed by atoms with van der Waals surface area (Å²) in [6, 6.07) is 8.01. The maximum Gasteiger partial charge on any atom is 0.322 e. The second kappa shape index (κ2) is 6.08. The summed E-state index contributed by atoms with van der Waals surface area (Å²) in [5.41, 5.74) is 2.02. The molecular weight excluding hydrogens is 266 g/mol. The number of nitrogens with zero attached hydrogens (tertiary/aromatic N) is 2. The van der Waals surface area contributed by atoms with Crippen LogP contribution in [0.15, 0.2) is 28.7 Å². The smallest absolute Gasteiger partial charge is 0.322 e. The Morgan fingerprint density at radius 2 is 1.86 bits per heavy atom. The molecule has 5 nitrogen and oxygen atoms in total. The van der Waals surface area contributed by atoms with Gasteiger partial charge in [0.25, 0.3) is 0 Å². The first kappa shape index (κ1) is 13.8. The molecule has 110 valence electrons. The van der Waals surface area contributed by atoms with E-state index in [1.807, 2.05) is 31.2 Å². The first-order valence-corrected chi connectivity index (χ1v) is 7.44. The van der Waals surface area contributed by atoms with Crippen molar-refractivity contribution < 1.29 is 9.21 Å². The van der Waals surface area contributed by atoms with Gasteiger partial charge in [-0.05, 0) is 31.9 Å².